The second-order valence-corrected chi connectivity index (χ2v) is 6.63. The van der Waals surface area contributed by atoms with Crippen molar-refractivity contribution in [3.8, 4) is 23.3 Å². The Balaban J connectivity index is 1.57. The number of para-hydroxylation sites is 2. The van der Waals surface area contributed by atoms with Gasteiger partial charge in [-0.25, -0.2) is 0 Å². The maximum Gasteiger partial charge on any atom is 0.273 e. The first-order chi connectivity index (χ1) is 15.7. The highest BCUT2D eigenvalue weighted by atomic mass is 35.5. The molecule has 1 aliphatic heterocycles. The first-order valence-electron chi connectivity index (χ1n) is 9.28. The van der Waals surface area contributed by atoms with Crippen molar-refractivity contribution in [1.82, 2.24) is 9.97 Å². The first kappa shape index (κ1) is 21.3. The van der Waals surface area contributed by atoms with Gasteiger partial charge < -0.3 is 23.9 Å². The van der Waals surface area contributed by atoms with E-state index in [9.17, 15) is 0 Å². The van der Waals surface area contributed by atoms with Crippen molar-refractivity contribution in [3.63, 3.8) is 0 Å². The molecule has 3 aromatic rings. The van der Waals surface area contributed by atoms with Gasteiger partial charge in [0.05, 0.1) is 5.02 Å². The number of halogens is 2. The molecule has 1 unspecified atom stereocenters. The van der Waals surface area contributed by atoms with Crippen molar-refractivity contribution in [2.75, 3.05) is 13.7 Å². The van der Waals surface area contributed by atoms with E-state index in [0.717, 1.165) is 6.33 Å². The third-order valence-electron chi connectivity index (χ3n) is 4.15. The maximum atomic E-state index is 15.0. The van der Waals surface area contributed by atoms with Crippen LogP contribution in [0.25, 0.3) is 0 Å². The molecule has 0 bridgehead atoms. The summed E-state index contributed by atoms with van der Waals surface area (Å²) in [6.45, 7) is 0.109. The van der Waals surface area contributed by atoms with Crippen molar-refractivity contribution in [2.24, 2.45) is 10.3 Å². The Morgan fingerprint density at radius 3 is 2.50 bits per heavy atom. The van der Waals surface area contributed by atoms with Crippen LogP contribution in [0.3, 0.4) is 0 Å². The maximum absolute atomic E-state index is 15.0. The molecule has 2 heterocycles. The Hall–Kier alpha value is -3.92. The van der Waals surface area contributed by atoms with Crippen molar-refractivity contribution >= 4 is 23.7 Å². The van der Waals surface area contributed by atoms with Crippen LogP contribution in [-0.4, -0.2) is 35.8 Å². The van der Waals surface area contributed by atoms with Crippen molar-refractivity contribution in [1.29, 1.82) is 0 Å². The average Bonchev–Trinajstić information content (AvgIpc) is 2.82. The average molecular weight is 459 g/mol. The zero-order valence-electron chi connectivity index (χ0n) is 16.6. The molecule has 11 heteroatoms. The van der Waals surface area contributed by atoms with E-state index in [1.807, 2.05) is 0 Å². The number of hydrogen-bond acceptors (Lipinski definition) is 9. The summed E-state index contributed by atoms with van der Waals surface area (Å²) >= 11 is 6.07. The van der Waals surface area contributed by atoms with Crippen LogP contribution in [0.2, 0.25) is 5.02 Å². The Kier molecular flexibility index (Phi) is 6.61. The number of rotatable bonds is 7. The van der Waals surface area contributed by atoms with Gasteiger partial charge in [-0.1, -0.05) is 47.1 Å². The summed E-state index contributed by atoms with van der Waals surface area (Å²) in [4.78, 5) is 17.5. The summed E-state index contributed by atoms with van der Waals surface area (Å²) in [5.41, 5.74) is 0.581. The lowest BCUT2D eigenvalue weighted by atomic mass is 10.1. The van der Waals surface area contributed by atoms with E-state index in [2.05, 4.69) is 25.1 Å². The lowest BCUT2D eigenvalue weighted by Crippen LogP contribution is -2.22. The molecule has 0 aliphatic carbocycles. The second kappa shape index (κ2) is 9.92. The highest BCUT2D eigenvalue weighted by Gasteiger charge is 2.25. The molecule has 0 radical (unpaired) electrons. The van der Waals surface area contributed by atoms with E-state index in [1.54, 1.807) is 48.5 Å². The fourth-order valence-corrected chi connectivity index (χ4v) is 2.91. The van der Waals surface area contributed by atoms with Crippen LogP contribution in [0.4, 0.5) is 4.39 Å². The standard InChI is InChI=1S/C21H16ClFN4O5/c1-28-26-10-18-27-29-11-17(30-18)13-6-2-4-8-15(13)31-20-19(23)21(25-12-24-20)32-16-9-5-3-7-14(16)22/h2-10,12,17H,11H2,1H3/b26-10+. The van der Waals surface area contributed by atoms with Gasteiger partial charge in [0.15, 0.2) is 12.7 Å². The molecule has 32 heavy (non-hydrogen) atoms. The third-order valence-corrected chi connectivity index (χ3v) is 4.47. The molecule has 164 valence electrons. The SMILES string of the molecule is CO/N=C/C1=NOCC(c2ccccc2Oc2ncnc(Oc3ccccc3Cl)c2F)O1. The molecule has 0 N–H and O–H groups in total. The molecular weight excluding hydrogens is 443 g/mol. The Morgan fingerprint density at radius 2 is 1.75 bits per heavy atom. The fourth-order valence-electron chi connectivity index (χ4n) is 2.73. The van der Waals surface area contributed by atoms with Gasteiger partial charge in [0.2, 0.25) is 5.82 Å². The smallest absolute Gasteiger partial charge is 0.273 e. The molecule has 1 aliphatic rings. The molecule has 2 aromatic carbocycles. The topological polar surface area (TPSA) is 96.7 Å². The Labute approximate surface area is 187 Å². The molecule has 0 fully saturated rings. The zero-order chi connectivity index (χ0) is 22.3. The van der Waals surface area contributed by atoms with Gasteiger partial charge in [-0.15, -0.1) is 0 Å². The first-order valence-corrected chi connectivity index (χ1v) is 9.66. The minimum Gasteiger partial charge on any atom is -0.462 e. The summed E-state index contributed by atoms with van der Waals surface area (Å²) in [6, 6.07) is 13.5. The van der Waals surface area contributed by atoms with Gasteiger partial charge in [-0.2, -0.15) is 14.4 Å². The van der Waals surface area contributed by atoms with Gasteiger partial charge >= 0.3 is 0 Å². The lowest BCUT2D eigenvalue weighted by molar-refractivity contribution is 0.0110. The molecular formula is C21H16ClFN4O5. The van der Waals surface area contributed by atoms with Crippen LogP contribution in [-0.2, 0) is 14.4 Å². The third kappa shape index (κ3) is 4.86. The minimum absolute atomic E-state index is 0.109. The van der Waals surface area contributed by atoms with Gasteiger partial charge in [-0.05, 0) is 23.4 Å². The molecule has 4 rings (SSSR count). The van der Waals surface area contributed by atoms with E-state index in [4.69, 9.17) is 30.6 Å². The molecule has 0 spiro atoms. The summed E-state index contributed by atoms with van der Waals surface area (Å²) in [6.07, 6.45) is 1.79. The van der Waals surface area contributed by atoms with Crippen molar-refractivity contribution in [3.05, 3.63) is 71.3 Å². The monoisotopic (exact) mass is 458 g/mol. The van der Waals surface area contributed by atoms with Crippen molar-refractivity contribution < 1.29 is 28.3 Å². The molecule has 0 amide bonds. The lowest BCUT2D eigenvalue weighted by Gasteiger charge is -2.23. The summed E-state index contributed by atoms with van der Waals surface area (Å²) in [7, 11) is 1.39. The Morgan fingerprint density at radius 1 is 1.06 bits per heavy atom. The molecule has 1 atom stereocenters. The van der Waals surface area contributed by atoms with Gasteiger partial charge in [0.1, 0.15) is 31.2 Å². The van der Waals surface area contributed by atoms with Gasteiger partial charge in [0.25, 0.3) is 17.7 Å². The van der Waals surface area contributed by atoms with Crippen LogP contribution in [0, 0.1) is 5.82 Å². The van der Waals surface area contributed by atoms with Crippen LogP contribution in [0.15, 0.2) is 65.2 Å². The van der Waals surface area contributed by atoms with E-state index < -0.39 is 11.9 Å². The number of nitrogens with zero attached hydrogens (tertiary/aromatic N) is 4. The van der Waals surface area contributed by atoms with E-state index in [1.165, 1.54) is 13.3 Å². The number of hydrogen-bond donors (Lipinski definition) is 0. The van der Waals surface area contributed by atoms with Crippen molar-refractivity contribution in [2.45, 2.75) is 6.10 Å². The molecule has 0 saturated carbocycles. The molecule has 0 saturated heterocycles. The van der Waals surface area contributed by atoms with Crippen LogP contribution < -0.4 is 9.47 Å². The largest absolute Gasteiger partial charge is 0.462 e. The predicted octanol–water partition coefficient (Wildman–Crippen LogP) is 4.89. The fraction of sp³-hybridized carbons (Fsp3) is 0.143. The summed E-state index contributed by atoms with van der Waals surface area (Å²) in [5, 5.41) is 7.65. The number of benzene rings is 2. The second-order valence-electron chi connectivity index (χ2n) is 6.22. The van der Waals surface area contributed by atoms with E-state index in [0.29, 0.717) is 16.3 Å². The Bertz CT molecular complexity index is 1160. The van der Waals surface area contributed by atoms with Gasteiger partial charge in [-0.3, -0.25) is 0 Å². The highest BCUT2D eigenvalue weighted by Crippen LogP contribution is 2.36. The normalized spacial score (nSPS) is 15.5. The molecule has 9 nitrogen and oxygen atoms in total. The zero-order valence-corrected chi connectivity index (χ0v) is 17.4. The number of aromatic nitrogens is 2. The molecule has 1 aromatic heterocycles. The quantitative estimate of drug-likeness (QED) is 0.367. The van der Waals surface area contributed by atoms with Gasteiger partial charge in [0, 0.05) is 5.56 Å². The summed E-state index contributed by atoms with van der Waals surface area (Å²) in [5.74, 6) is -0.897. The van der Waals surface area contributed by atoms with Crippen LogP contribution in [0.1, 0.15) is 11.7 Å². The van der Waals surface area contributed by atoms with E-state index in [-0.39, 0.29) is 30.0 Å². The number of oxime groups is 2. The summed E-state index contributed by atoms with van der Waals surface area (Å²) < 4.78 is 32.0. The highest BCUT2D eigenvalue weighted by molar-refractivity contribution is 6.32. The van der Waals surface area contributed by atoms with E-state index >= 15 is 4.39 Å². The minimum atomic E-state index is -0.891. The number of ether oxygens (including phenoxy) is 3. The predicted molar refractivity (Wildman–Crippen MR) is 113 cm³/mol. The van der Waals surface area contributed by atoms with Crippen LogP contribution >= 0.6 is 11.6 Å². The van der Waals surface area contributed by atoms with Crippen LogP contribution in [0.5, 0.6) is 23.3 Å².